The maximum atomic E-state index is 12.2. The lowest BCUT2D eigenvalue weighted by Crippen LogP contribution is -2.62. The highest BCUT2D eigenvalue weighted by atomic mass is 16.2. The first kappa shape index (κ1) is 19.8. The van der Waals surface area contributed by atoms with E-state index in [1.54, 1.807) is 6.08 Å². The quantitative estimate of drug-likeness (QED) is 0.690. The van der Waals surface area contributed by atoms with Gasteiger partial charge in [0.1, 0.15) is 0 Å². The van der Waals surface area contributed by atoms with Crippen molar-refractivity contribution in [2.45, 2.75) is 71.8 Å². The lowest BCUT2D eigenvalue weighted by molar-refractivity contribution is -0.125. The fourth-order valence-corrected chi connectivity index (χ4v) is 7.21. The number of hydrogen-bond acceptors (Lipinski definition) is 2. The molecule has 1 aliphatic heterocycles. The molecular weight excluding hydrogens is 350 g/mol. The molecule has 5 nitrogen and oxygen atoms in total. The molecule has 0 spiro atoms. The first-order valence-electron chi connectivity index (χ1n) is 11.4. The summed E-state index contributed by atoms with van der Waals surface area (Å²) >= 11 is 0. The van der Waals surface area contributed by atoms with Gasteiger partial charge in [-0.1, -0.05) is 33.3 Å². The van der Waals surface area contributed by atoms with Crippen LogP contribution in [0.5, 0.6) is 0 Å². The van der Waals surface area contributed by atoms with Gasteiger partial charge in [-0.3, -0.25) is 4.79 Å². The summed E-state index contributed by atoms with van der Waals surface area (Å²) in [6, 6.07) is 0.131. The van der Waals surface area contributed by atoms with Gasteiger partial charge in [0.2, 0.25) is 5.91 Å². The van der Waals surface area contributed by atoms with E-state index in [1.165, 1.54) is 32.1 Å². The van der Waals surface area contributed by atoms with Gasteiger partial charge < -0.3 is 16.0 Å². The Bertz CT molecular complexity index is 662. The minimum Gasteiger partial charge on any atom is -0.349 e. The van der Waals surface area contributed by atoms with E-state index in [2.05, 4.69) is 42.8 Å². The average Bonchev–Trinajstić information content (AvgIpc) is 3.07. The molecule has 3 N–H and O–H groups in total. The zero-order valence-corrected chi connectivity index (χ0v) is 17.7. The van der Waals surface area contributed by atoms with E-state index < -0.39 is 0 Å². The minimum atomic E-state index is -0.0516. The maximum absolute atomic E-state index is 12.2. The lowest BCUT2D eigenvalue weighted by Gasteiger charge is -2.60. The summed E-state index contributed by atoms with van der Waals surface area (Å²) < 4.78 is 0. The fourth-order valence-electron chi connectivity index (χ4n) is 7.21. The van der Waals surface area contributed by atoms with Crippen LogP contribution >= 0.6 is 0 Å². The summed E-state index contributed by atoms with van der Waals surface area (Å²) in [6.45, 7) is 8.36. The predicted molar refractivity (Wildman–Crippen MR) is 111 cm³/mol. The second-order valence-corrected chi connectivity index (χ2v) is 10.3. The Labute approximate surface area is 169 Å². The van der Waals surface area contributed by atoms with Gasteiger partial charge in [0.05, 0.1) is 0 Å². The molecule has 3 fully saturated rings. The summed E-state index contributed by atoms with van der Waals surface area (Å²) in [5.74, 6) is 2.44. The number of fused-ring (bicyclic) bond motifs is 5. The van der Waals surface area contributed by atoms with Crippen molar-refractivity contribution in [2.75, 3.05) is 13.1 Å². The molecule has 3 saturated carbocycles. The highest BCUT2D eigenvalue weighted by Gasteiger charge is 2.59. The Morgan fingerprint density at radius 3 is 2.82 bits per heavy atom. The second kappa shape index (κ2) is 7.38. The molecule has 5 heteroatoms. The van der Waals surface area contributed by atoms with E-state index in [-0.39, 0.29) is 23.4 Å². The van der Waals surface area contributed by atoms with Crippen LogP contribution < -0.4 is 16.0 Å². The number of nitrogens with one attached hydrogen (secondary N) is 3. The zero-order valence-electron chi connectivity index (χ0n) is 17.7. The Hall–Kier alpha value is -1.52. The van der Waals surface area contributed by atoms with Crippen LogP contribution in [-0.2, 0) is 4.79 Å². The predicted octanol–water partition coefficient (Wildman–Crippen LogP) is 3.61. The topological polar surface area (TPSA) is 70.2 Å². The van der Waals surface area contributed by atoms with Crippen LogP contribution in [0.4, 0.5) is 4.79 Å². The molecule has 3 amide bonds. The first-order chi connectivity index (χ1) is 13.4. The molecule has 2 unspecified atom stereocenters. The number of rotatable bonds is 4. The third-order valence-electron chi connectivity index (χ3n) is 8.72. The molecule has 0 aromatic carbocycles. The highest BCUT2D eigenvalue weighted by Crippen LogP contribution is 2.64. The fraction of sp³-hybridized carbons (Fsp3) is 0.826. The molecule has 156 valence electrons. The van der Waals surface area contributed by atoms with Crippen LogP contribution in [-0.4, -0.2) is 31.1 Å². The summed E-state index contributed by atoms with van der Waals surface area (Å²) in [7, 11) is 0. The Kier molecular flexibility index (Phi) is 5.22. The Balaban J connectivity index is 1.59. The Morgan fingerprint density at radius 1 is 1.21 bits per heavy atom. The van der Waals surface area contributed by atoms with Crippen LogP contribution in [0.15, 0.2) is 12.2 Å². The van der Waals surface area contributed by atoms with E-state index >= 15 is 0 Å². The molecule has 1 heterocycles. The summed E-state index contributed by atoms with van der Waals surface area (Å²) in [5.41, 5.74) is 0.512. The summed E-state index contributed by atoms with van der Waals surface area (Å²) in [6.07, 6.45) is 12.4. The third kappa shape index (κ3) is 3.25. The number of urea groups is 1. The van der Waals surface area contributed by atoms with Gasteiger partial charge in [-0.05, 0) is 73.7 Å². The summed E-state index contributed by atoms with van der Waals surface area (Å²) in [4.78, 5) is 24.3. The van der Waals surface area contributed by atoms with Gasteiger partial charge in [0.25, 0.3) is 0 Å². The number of amides is 3. The van der Waals surface area contributed by atoms with E-state index in [4.69, 9.17) is 0 Å². The van der Waals surface area contributed by atoms with E-state index in [0.29, 0.717) is 29.7 Å². The third-order valence-corrected chi connectivity index (χ3v) is 8.72. The smallest absolute Gasteiger partial charge is 0.314 e. The maximum Gasteiger partial charge on any atom is 0.314 e. The van der Waals surface area contributed by atoms with Crippen molar-refractivity contribution in [3.63, 3.8) is 0 Å². The van der Waals surface area contributed by atoms with Gasteiger partial charge in [-0.2, -0.15) is 0 Å². The molecule has 0 bridgehead atoms. The lowest BCUT2D eigenvalue weighted by atomic mass is 9.46. The number of carbonyl (C=O) groups excluding carboxylic acids is 2. The molecule has 4 rings (SSSR count). The molecular formula is C23H37N3O2. The highest BCUT2D eigenvalue weighted by molar-refractivity contribution is 5.89. The van der Waals surface area contributed by atoms with Gasteiger partial charge in [-0.25, -0.2) is 4.79 Å². The van der Waals surface area contributed by atoms with Crippen LogP contribution in [0.25, 0.3) is 0 Å². The van der Waals surface area contributed by atoms with Gasteiger partial charge in [0, 0.05) is 24.5 Å². The van der Waals surface area contributed by atoms with Crippen molar-refractivity contribution < 1.29 is 9.59 Å². The van der Waals surface area contributed by atoms with E-state index in [0.717, 1.165) is 25.3 Å². The monoisotopic (exact) mass is 387 g/mol. The number of carbonyl (C=O) groups is 2. The molecule has 4 aliphatic rings. The molecule has 28 heavy (non-hydrogen) atoms. The van der Waals surface area contributed by atoms with Crippen molar-refractivity contribution in [1.82, 2.24) is 16.0 Å². The van der Waals surface area contributed by atoms with E-state index in [1.807, 2.05) is 0 Å². The SMILES string of the molecule is CCCNC(=O)NCC1CC2NC(=O)C=C[C@]2(C)[C@@H]2CC[C@]3(C)CCC[C@H]3[C@H]12. The van der Waals surface area contributed by atoms with Crippen molar-refractivity contribution >= 4 is 11.9 Å². The largest absolute Gasteiger partial charge is 0.349 e. The zero-order chi connectivity index (χ0) is 19.9. The average molecular weight is 388 g/mol. The van der Waals surface area contributed by atoms with Crippen LogP contribution in [0.3, 0.4) is 0 Å². The molecule has 0 saturated heterocycles. The standard InChI is InChI=1S/C23H37N3O2/c1-4-12-24-21(28)25-14-15-13-18-23(3,11-8-19(27)26-18)17-7-10-22(2)9-5-6-16(22)20(15)17/h8,11,15-18,20H,4-7,9-10,12-14H2,1-3H3,(H,26,27)(H2,24,25,28)/t15?,16-,17+,18?,20-,22-,23+/m0/s1. The van der Waals surface area contributed by atoms with Gasteiger partial charge >= 0.3 is 6.03 Å². The van der Waals surface area contributed by atoms with Crippen molar-refractivity contribution in [3.8, 4) is 0 Å². The van der Waals surface area contributed by atoms with Crippen LogP contribution in [0, 0.1) is 34.5 Å². The molecule has 0 aromatic rings. The molecule has 3 aliphatic carbocycles. The van der Waals surface area contributed by atoms with Gasteiger partial charge in [0.15, 0.2) is 0 Å². The Morgan fingerprint density at radius 2 is 2.04 bits per heavy atom. The second-order valence-electron chi connectivity index (χ2n) is 10.3. The normalized spacial score (nSPS) is 44.1. The van der Waals surface area contributed by atoms with Crippen LogP contribution in [0.1, 0.15) is 65.7 Å². The van der Waals surface area contributed by atoms with Crippen LogP contribution in [0.2, 0.25) is 0 Å². The van der Waals surface area contributed by atoms with E-state index in [9.17, 15) is 9.59 Å². The molecule has 0 aromatic heterocycles. The molecule has 0 radical (unpaired) electrons. The van der Waals surface area contributed by atoms with Gasteiger partial charge in [-0.15, -0.1) is 0 Å². The minimum absolute atomic E-state index is 0.0369. The van der Waals surface area contributed by atoms with Crippen molar-refractivity contribution in [1.29, 1.82) is 0 Å². The first-order valence-corrected chi connectivity index (χ1v) is 11.4. The summed E-state index contributed by atoms with van der Waals surface area (Å²) in [5, 5.41) is 9.35. The molecule has 7 atom stereocenters. The number of hydrogen-bond donors (Lipinski definition) is 3. The van der Waals surface area contributed by atoms with Crippen molar-refractivity contribution in [2.24, 2.45) is 34.5 Å². The van der Waals surface area contributed by atoms with Crippen molar-refractivity contribution in [3.05, 3.63) is 12.2 Å².